The van der Waals surface area contributed by atoms with Crippen LogP contribution in [0.3, 0.4) is 0 Å². The molecule has 0 aliphatic carbocycles. The molecule has 0 bridgehead atoms. The second-order valence-corrected chi connectivity index (χ2v) is 2.33. The third kappa shape index (κ3) is 3500. The van der Waals surface area contributed by atoms with Crippen LogP contribution < -0.4 is 0 Å². The standard InChI is InChI=1S/H2O4Se.5H2O.Zn/c1-5(2,3)4;;;;;;/h(H2,1,2,3,4);5*1H2;. The molecule has 74 valence electrons. The van der Waals surface area contributed by atoms with Gasteiger partial charge in [0.05, 0.1) is 0 Å². The minimum Gasteiger partial charge on any atom is 0 e. The molecule has 0 spiro atoms. The summed E-state index contributed by atoms with van der Waals surface area (Å²) in [6.45, 7) is 0. The zero-order chi connectivity index (χ0) is 4.50. The second-order valence-electron chi connectivity index (χ2n) is 0.448. The van der Waals surface area contributed by atoms with Gasteiger partial charge in [0.25, 0.3) is 0 Å². The van der Waals surface area contributed by atoms with Gasteiger partial charge in [0, 0.05) is 19.5 Å². The Morgan fingerprint density at radius 1 is 0.727 bits per heavy atom. The van der Waals surface area contributed by atoms with Crippen LogP contribution >= 0.6 is 0 Å². The summed E-state index contributed by atoms with van der Waals surface area (Å²) in [5.41, 5.74) is 0. The predicted octanol–water partition coefficient (Wildman–Crippen LogP) is -5.86. The van der Waals surface area contributed by atoms with Gasteiger partial charge >= 0.3 is 29.4 Å². The molecule has 0 aromatic carbocycles. The molecule has 0 saturated carbocycles. The molecule has 0 aromatic heterocycles. The predicted molar refractivity (Wildman–Crippen MR) is 29.6 cm³/mol. The van der Waals surface area contributed by atoms with E-state index in [1.54, 1.807) is 0 Å². The van der Waals surface area contributed by atoms with Gasteiger partial charge in [-0.25, -0.2) is 0 Å². The Bertz CT molecular complexity index is 92.7. The fraction of sp³-hybridized carbons (Fsp3) is 0. The Labute approximate surface area is 76.6 Å². The summed E-state index contributed by atoms with van der Waals surface area (Å²) in [7, 11) is 0. The Morgan fingerprint density at radius 3 is 0.727 bits per heavy atom. The largest absolute Gasteiger partial charge is 0 e. The van der Waals surface area contributed by atoms with Gasteiger partial charge in [0.2, 0.25) is 0 Å². The summed E-state index contributed by atoms with van der Waals surface area (Å²) in [6, 6.07) is 0. The first-order valence-electron chi connectivity index (χ1n) is 0.698. The van der Waals surface area contributed by atoms with Crippen molar-refractivity contribution < 1.29 is 62.9 Å². The van der Waals surface area contributed by atoms with E-state index in [1.165, 1.54) is 0 Å². The molecule has 0 aliphatic rings. The van der Waals surface area contributed by atoms with Crippen molar-refractivity contribution in [1.29, 1.82) is 0 Å². The van der Waals surface area contributed by atoms with Gasteiger partial charge in [-0.1, -0.05) is 0 Å². The molecule has 0 aliphatic heterocycles. The minimum atomic E-state index is -5.25. The van der Waals surface area contributed by atoms with E-state index in [0.717, 1.165) is 0 Å². The van der Waals surface area contributed by atoms with Crippen molar-refractivity contribution in [2.24, 2.45) is 0 Å². The molecule has 0 radical (unpaired) electrons. The molecule has 0 saturated heterocycles. The molecular formula is H12O9SeZn. The maximum absolute atomic E-state index is 8.82. The summed E-state index contributed by atoms with van der Waals surface area (Å²) < 4.78 is 31.9. The summed E-state index contributed by atoms with van der Waals surface area (Å²) in [6.07, 6.45) is 0. The van der Waals surface area contributed by atoms with Crippen molar-refractivity contribution in [3.63, 3.8) is 0 Å². The number of hydrogen-bond donors (Lipinski definition) is 2. The Balaban J connectivity index is -0.00000000533. The number of hydrogen-bond acceptors (Lipinski definition) is 2. The van der Waals surface area contributed by atoms with E-state index in [2.05, 4.69) is 0 Å². The molecule has 0 atom stereocenters. The molecule has 11 heteroatoms. The Kier molecular flexibility index (Phi) is 128. The van der Waals surface area contributed by atoms with Crippen molar-refractivity contribution in [3.8, 4) is 0 Å². The molecule has 0 aromatic rings. The van der Waals surface area contributed by atoms with Crippen LogP contribution in [0.5, 0.6) is 0 Å². The molecule has 0 heterocycles. The van der Waals surface area contributed by atoms with Crippen LogP contribution in [0.2, 0.25) is 0 Å². The SMILES string of the molecule is O.O.O.O.O.O=[Se](=O)(O)O.[Zn]. The van der Waals surface area contributed by atoms with Crippen molar-refractivity contribution in [2.75, 3.05) is 0 Å². The van der Waals surface area contributed by atoms with Crippen LogP contribution in [0, 0.1) is 0 Å². The molecular weight excluding hydrogens is 288 g/mol. The van der Waals surface area contributed by atoms with E-state index in [9.17, 15) is 0 Å². The molecule has 0 rings (SSSR count). The molecule has 0 fully saturated rings. The quantitative estimate of drug-likeness (QED) is 0.415. The topological polar surface area (TPSA) is 232 Å². The van der Waals surface area contributed by atoms with Crippen LogP contribution in [-0.4, -0.2) is 49.1 Å². The van der Waals surface area contributed by atoms with E-state index in [4.69, 9.17) is 16.0 Å². The summed E-state index contributed by atoms with van der Waals surface area (Å²) in [5, 5.41) is 0. The molecule has 0 unspecified atom stereocenters. The molecule has 9 nitrogen and oxygen atoms in total. The van der Waals surface area contributed by atoms with E-state index in [-0.39, 0.29) is 46.9 Å². The van der Waals surface area contributed by atoms with E-state index in [1.807, 2.05) is 0 Å². The van der Waals surface area contributed by atoms with Crippen LogP contribution in [0.15, 0.2) is 0 Å². The second kappa shape index (κ2) is 22.4. The van der Waals surface area contributed by atoms with E-state index < -0.39 is 13.4 Å². The summed E-state index contributed by atoms with van der Waals surface area (Å²) >= 11 is -5.25. The van der Waals surface area contributed by atoms with Crippen molar-refractivity contribution in [1.82, 2.24) is 0 Å². The van der Waals surface area contributed by atoms with Crippen molar-refractivity contribution in [2.45, 2.75) is 0 Å². The first kappa shape index (κ1) is 63.0. The third-order valence-electron chi connectivity index (χ3n) is 0. The van der Waals surface area contributed by atoms with Crippen LogP contribution in [0.4, 0.5) is 0 Å². The van der Waals surface area contributed by atoms with Crippen molar-refractivity contribution in [3.05, 3.63) is 0 Å². The van der Waals surface area contributed by atoms with Crippen LogP contribution in [-0.2, 0) is 27.1 Å². The van der Waals surface area contributed by atoms with Gasteiger partial charge in [-0.05, 0) is 0 Å². The van der Waals surface area contributed by atoms with Gasteiger partial charge in [0.1, 0.15) is 0 Å². The third-order valence-corrected chi connectivity index (χ3v) is 0. The van der Waals surface area contributed by atoms with Gasteiger partial charge < -0.3 is 27.4 Å². The van der Waals surface area contributed by atoms with Crippen molar-refractivity contribution >= 4 is 13.4 Å². The minimum absolute atomic E-state index is 0. The average Bonchev–Trinajstić information content (AvgIpc) is 0.722. The molecule has 12 N–H and O–H groups in total. The van der Waals surface area contributed by atoms with Gasteiger partial charge in [-0.3, -0.25) is 0 Å². The van der Waals surface area contributed by atoms with Crippen LogP contribution in [0.25, 0.3) is 0 Å². The smallest absolute Gasteiger partial charge is 0 e. The first-order chi connectivity index (χ1) is 2.00. The van der Waals surface area contributed by atoms with Gasteiger partial charge in [-0.15, -0.1) is 0 Å². The van der Waals surface area contributed by atoms with E-state index >= 15 is 0 Å². The number of rotatable bonds is 0. The normalized spacial score (nSPS) is 5.27. The summed E-state index contributed by atoms with van der Waals surface area (Å²) in [4.78, 5) is 0. The molecule has 0 amide bonds. The average molecular weight is 300 g/mol. The van der Waals surface area contributed by atoms with Crippen LogP contribution in [0.1, 0.15) is 0 Å². The molecule has 11 heavy (non-hydrogen) atoms. The zero-order valence-corrected chi connectivity index (χ0v) is 10.0. The fourth-order valence-corrected chi connectivity index (χ4v) is 0. The zero-order valence-electron chi connectivity index (χ0n) is 5.33. The Morgan fingerprint density at radius 2 is 0.727 bits per heavy atom. The monoisotopic (exact) mass is 300 g/mol. The maximum Gasteiger partial charge on any atom is 0 e. The van der Waals surface area contributed by atoms with Gasteiger partial charge in [-0.2, -0.15) is 0 Å². The van der Waals surface area contributed by atoms with E-state index in [0.29, 0.717) is 0 Å². The van der Waals surface area contributed by atoms with Gasteiger partial charge in [0.15, 0.2) is 0 Å². The first-order valence-corrected chi connectivity index (χ1v) is 3.63. The Hall–Kier alpha value is 0.463. The summed E-state index contributed by atoms with van der Waals surface area (Å²) in [5.74, 6) is 0. The maximum atomic E-state index is 8.82. The fourth-order valence-electron chi connectivity index (χ4n) is 0.